The number of hydrogen-bond donors (Lipinski definition) is 1. The molecule has 0 radical (unpaired) electrons. The molecule has 1 aromatic carbocycles. The molecule has 0 aliphatic carbocycles. The van der Waals surface area contributed by atoms with Crippen molar-refractivity contribution in [2.45, 2.75) is 13.0 Å². The first kappa shape index (κ1) is 10.5. The number of nitrogens with two attached hydrogens (primary N) is 1. The van der Waals surface area contributed by atoms with E-state index in [1.165, 1.54) is 0 Å². The summed E-state index contributed by atoms with van der Waals surface area (Å²) in [6, 6.07) is 5.63. The first-order valence-corrected chi connectivity index (χ1v) is 4.53. The molecule has 0 spiro atoms. The molecule has 0 bridgehead atoms. The van der Waals surface area contributed by atoms with Crippen LogP contribution in [-0.2, 0) is 4.74 Å². The Kier molecular flexibility index (Phi) is 3.72. The summed E-state index contributed by atoms with van der Waals surface area (Å²) in [5.74, 6) is 0. The number of halogens is 1. The maximum atomic E-state index is 5.89. The molecule has 1 rings (SSSR count). The van der Waals surface area contributed by atoms with Crippen LogP contribution in [0.25, 0.3) is 0 Å². The Hall–Kier alpha value is -0.570. The summed E-state index contributed by atoms with van der Waals surface area (Å²) in [5.41, 5.74) is 8.09. The van der Waals surface area contributed by atoms with Crippen LogP contribution < -0.4 is 5.73 Å². The van der Waals surface area contributed by atoms with Gasteiger partial charge in [-0.15, -0.1) is 0 Å². The molecule has 0 aliphatic heterocycles. The van der Waals surface area contributed by atoms with Crippen LogP contribution in [0.2, 0.25) is 5.02 Å². The molecule has 0 amide bonds. The van der Waals surface area contributed by atoms with Crippen LogP contribution in [0.1, 0.15) is 17.2 Å². The normalized spacial score (nSPS) is 12.9. The molecule has 3 heteroatoms. The van der Waals surface area contributed by atoms with Gasteiger partial charge in [0.05, 0.1) is 12.6 Å². The Morgan fingerprint density at radius 1 is 1.54 bits per heavy atom. The number of benzene rings is 1. The van der Waals surface area contributed by atoms with E-state index in [4.69, 9.17) is 22.1 Å². The summed E-state index contributed by atoms with van der Waals surface area (Å²) in [7, 11) is 1.64. The average molecular weight is 200 g/mol. The number of hydrogen-bond acceptors (Lipinski definition) is 2. The highest BCUT2D eigenvalue weighted by molar-refractivity contribution is 6.30. The fraction of sp³-hybridized carbons (Fsp3) is 0.400. The van der Waals surface area contributed by atoms with Crippen LogP contribution in [0.3, 0.4) is 0 Å². The Morgan fingerprint density at radius 2 is 2.23 bits per heavy atom. The van der Waals surface area contributed by atoms with Crippen LogP contribution in [0.15, 0.2) is 18.2 Å². The van der Waals surface area contributed by atoms with Crippen molar-refractivity contribution >= 4 is 11.6 Å². The Morgan fingerprint density at radius 3 is 2.77 bits per heavy atom. The van der Waals surface area contributed by atoms with Crippen LogP contribution in [0, 0.1) is 6.92 Å². The van der Waals surface area contributed by atoms with E-state index in [2.05, 4.69) is 0 Å². The lowest BCUT2D eigenvalue weighted by molar-refractivity contribution is 0.180. The lowest BCUT2D eigenvalue weighted by Gasteiger charge is -2.13. The highest BCUT2D eigenvalue weighted by Crippen LogP contribution is 2.19. The zero-order valence-corrected chi connectivity index (χ0v) is 8.64. The predicted molar refractivity (Wildman–Crippen MR) is 55.0 cm³/mol. The summed E-state index contributed by atoms with van der Waals surface area (Å²) in [5, 5.41) is 0.742. The first-order valence-electron chi connectivity index (χ1n) is 4.15. The third-order valence-corrected chi connectivity index (χ3v) is 2.21. The van der Waals surface area contributed by atoms with E-state index < -0.39 is 0 Å². The van der Waals surface area contributed by atoms with Gasteiger partial charge in [0.2, 0.25) is 0 Å². The van der Waals surface area contributed by atoms with Gasteiger partial charge in [-0.2, -0.15) is 0 Å². The molecule has 0 aliphatic rings. The summed E-state index contributed by atoms with van der Waals surface area (Å²) in [4.78, 5) is 0. The summed E-state index contributed by atoms with van der Waals surface area (Å²) in [6.45, 7) is 2.53. The first-order chi connectivity index (χ1) is 6.15. The summed E-state index contributed by atoms with van der Waals surface area (Å²) >= 11 is 5.83. The van der Waals surface area contributed by atoms with Crippen LogP contribution in [0.4, 0.5) is 0 Å². The summed E-state index contributed by atoms with van der Waals surface area (Å²) in [6.07, 6.45) is 0. The topological polar surface area (TPSA) is 35.2 Å². The van der Waals surface area contributed by atoms with Crippen molar-refractivity contribution in [2.24, 2.45) is 5.73 Å². The minimum atomic E-state index is -0.0673. The van der Waals surface area contributed by atoms with Gasteiger partial charge >= 0.3 is 0 Å². The fourth-order valence-corrected chi connectivity index (χ4v) is 1.55. The predicted octanol–water partition coefficient (Wildman–Crippen LogP) is 2.29. The Labute approximate surface area is 83.6 Å². The maximum absolute atomic E-state index is 5.89. The second-order valence-electron chi connectivity index (χ2n) is 3.06. The largest absolute Gasteiger partial charge is 0.383 e. The monoisotopic (exact) mass is 199 g/mol. The molecule has 1 atom stereocenters. The number of rotatable bonds is 3. The maximum Gasteiger partial charge on any atom is 0.0655 e. The number of ether oxygens (including phenoxy) is 1. The van der Waals surface area contributed by atoms with Gasteiger partial charge < -0.3 is 10.5 Å². The molecule has 1 aromatic rings. The van der Waals surface area contributed by atoms with E-state index in [-0.39, 0.29) is 6.04 Å². The van der Waals surface area contributed by atoms with E-state index in [9.17, 15) is 0 Å². The van der Waals surface area contributed by atoms with E-state index in [0.29, 0.717) is 6.61 Å². The van der Waals surface area contributed by atoms with Gasteiger partial charge in [-0.05, 0) is 30.2 Å². The highest BCUT2D eigenvalue weighted by atomic mass is 35.5. The van der Waals surface area contributed by atoms with Crippen molar-refractivity contribution in [3.8, 4) is 0 Å². The van der Waals surface area contributed by atoms with Crippen molar-refractivity contribution in [1.82, 2.24) is 0 Å². The van der Waals surface area contributed by atoms with Gasteiger partial charge in [-0.1, -0.05) is 17.7 Å². The Bertz CT molecular complexity index is 288. The van der Waals surface area contributed by atoms with Crippen molar-refractivity contribution in [2.75, 3.05) is 13.7 Å². The molecule has 0 heterocycles. The zero-order chi connectivity index (χ0) is 9.84. The van der Waals surface area contributed by atoms with Crippen molar-refractivity contribution < 1.29 is 4.74 Å². The minimum Gasteiger partial charge on any atom is -0.383 e. The minimum absolute atomic E-state index is 0.0673. The second-order valence-corrected chi connectivity index (χ2v) is 3.50. The molecule has 2 N–H and O–H groups in total. The third kappa shape index (κ3) is 2.69. The molecular formula is C10H14ClNO. The molecule has 0 unspecified atom stereocenters. The Balaban J connectivity index is 2.88. The van der Waals surface area contributed by atoms with E-state index in [0.717, 1.165) is 16.1 Å². The number of aryl methyl sites for hydroxylation is 1. The molecular weight excluding hydrogens is 186 g/mol. The molecule has 0 fully saturated rings. The average Bonchev–Trinajstić information content (AvgIpc) is 2.04. The van der Waals surface area contributed by atoms with E-state index in [1.54, 1.807) is 7.11 Å². The standard InChI is InChI=1S/C10H14ClNO/c1-7-5-8(11)3-4-9(7)10(12)6-13-2/h3-5,10H,6,12H2,1-2H3/t10-/m1/s1. The van der Waals surface area contributed by atoms with Crippen LogP contribution in [0.5, 0.6) is 0 Å². The second kappa shape index (κ2) is 4.61. The van der Waals surface area contributed by atoms with Crippen LogP contribution >= 0.6 is 11.6 Å². The molecule has 0 saturated carbocycles. The van der Waals surface area contributed by atoms with Gasteiger partial charge in [-0.25, -0.2) is 0 Å². The molecule has 2 nitrogen and oxygen atoms in total. The zero-order valence-electron chi connectivity index (χ0n) is 7.88. The van der Waals surface area contributed by atoms with Gasteiger partial charge in [-0.3, -0.25) is 0 Å². The van der Waals surface area contributed by atoms with Crippen molar-refractivity contribution in [3.05, 3.63) is 34.3 Å². The number of methoxy groups -OCH3 is 1. The lowest BCUT2D eigenvalue weighted by Crippen LogP contribution is -2.17. The quantitative estimate of drug-likeness (QED) is 0.811. The van der Waals surface area contributed by atoms with E-state index in [1.807, 2.05) is 25.1 Å². The molecule has 0 saturated heterocycles. The SMILES string of the molecule is COC[C@@H](N)c1ccc(Cl)cc1C. The smallest absolute Gasteiger partial charge is 0.0655 e. The highest BCUT2D eigenvalue weighted by Gasteiger charge is 2.08. The fourth-order valence-electron chi connectivity index (χ4n) is 1.32. The lowest BCUT2D eigenvalue weighted by atomic mass is 10.0. The van der Waals surface area contributed by atoms with Crippen molar-refractivity contribution in [3.63, 3.8) is 0 Å². The molecule has 13 heavy (non-hydrogen) atoms. The molecule has 0 aromatic heterocycles. The third-order valence-electron chi connectivity index (χ3n) is 1.98. The van der Waals surface area contributed by atoms with Gasteiger partial charge in [0.1, 0.15) is 0 Å². The van der Waals surface area contributed by atoms with Gasteiger partial charge in [0, 0.05) is 12.1 Å². The van der Waals surface area contributed by atoms with Gasteiger partial charge in [0.15, 0.2) is 0 Å². The summed E-state index contributed by atoms with van der Waals surface area (Å²) < 4.78 is 4.99. The van der Waals surface area contributed by atoms with Crippen molar-refractivity contribution in [1.29, 1.82) is 0 Å². The van der Waals surface area contributed by atoms with Crippen LogP contribution in [-0.4, -0.2) is 13.7 Å². The molecule has 72 valence electrons. The van der Waals surface area contributed by atoms with E-state index >= 15 is 0 Å². The van der Waals surface area contributed by atoms with Gasteiger partial charge in [0.25, 0.3) is 0 Å².